The number of carbonyl (C=O) groups excluding carboxylic acids is 1. The lowest BCUT2D eigenvalue weighted by Crippen LogP contribution is -2.14. The van der Waals surface area contributed by atoms with Crippen molar-refractivity contribution in [2.75, 3.05) is 5.32 Å². The van der Waals surface area contributed by atoms with Gasteiger partial charge >= 0.3 is 0 Å². The van der Waals surface area contributed by atoms with Crippen molar-refractivity contribution in [1.29, 1.82) is 0 Å². The zero-order valence-electron chi connectivity index (χ0n) is 10.3. The molecule has 0 bridgehead atoms. The summed E-state index contributed by atoms with van der Waals surface area (Å²) in [6.07, 6.45) is 2.16. The van der Waals surface area contributed by atoms with Crippen LogP contribution in [0.5, 0.6) is 0 Å². The number of amides is 1. The Hall–Kier alpha value is -1.62. The van der Waals surface area contributed by atoms with Crippen LogP contribution in [-0.4, -0.2) is 15.7 Å². The van der Waals surface area contributed by atoms with Crippen molar-refractivity contribution < 1.29 is 4.79 Å². The van der Waals surface area contributed by atoms with Crippen molar-refractivity contribution in [3.8, 4) is 0 Å². The molecule has 5 heteroatoms. The van der Waals surface area contributed by atoms with Gasteiger partial charge in [0.25, 0.3) is 0 Å². The van der Waals surface area contributed by atoms with Crippen LogP contribution in [0.15, 0.2) is 34.9 Å². The SMILES string of the molecule is Cc1nn(C)cc1NC(=O)Cc1ccc(Br)cc1. The van der Waals surface area contributed by atoms with Crippen LogP contribution in [0.2, 0.25) is 0 Å². The fourth-order valence-electron chi connectivity index (χ4n) is 1.70. The van der Waals surface area contributed by atoms with Gasteiger partial charge in [-0.25, -0.2) is 0 Å². The number of benzene rings is 1. The molecule has 0 aliphatic carbocycles. The van der Waals surface area contributed by atoms with E-state index in [4.69, 9.17) is 0 Å². The van der Waals surface area contributed by atoms with Crippen molar-refractivity contribution in [3.63, 3.8) is 0 Å². The maximum absolute atomic E-state index is 11.9. The molecule has 1 aromatic heterocycles. The van der Waals surface area contributed by atoms with Crippen LogP contribution in [-0.2, 0) is 18.3 Å². The number of anilines is 1. The maximum Gasteiger partial charge on any atom is 0.228 e. The van der Waals surface area contributed by atoms with E-state index in [0.717, 1.165) is 21.4 Å². The predicted octanol–water partition coefficient (Wildman–Crippen LogP) is 2.67. The largest absolute Gasteiger partial charge is 0.323 e. The molecule has 0 saturated carbocycles. The minimum absolute atomic E-state index is 0.0339. The molecule has 2 aromatic rings. The van der Waals surface area contributed by atoms with E-state index in [1.54, 1.807) is 10.9 Å². The average Bonchev–Trinajstić information content (AvgIpc) is 2.61. The first kappa shape index (κ1) is 12.8. The van der Waals surface area contributed by atoms with Crippen LogP contribution >= 0.6 is 15.9 Å². The highest BCUT2D eigenvalue weighted by Gasteiger charge is 2.08. The molecule has 1 N–H and O–H groups in total. The first-order chi connectivity index (χ1) is 8.54. The van der Waals surface area contributed by atoms with Crippen LogP contribution in [0.4, 0.5) is 5.69 Å². The van der Waals surface area contributed by atoms with Gasteiger partial charge in [-0.15, -0.1) is 0 Å². The lowest BCUT2D eigenvalue weighted by molar-refractivity contribution is -0.115. The summed E-state index contributed by atoms with van der Waals surface area (Å²) in [5, 5.41) is 7.04. The molecule has 2 rings (SSSR count). The Morgan fingerprint density at radius 3 is 2.61 bits per heavy atom. The van der Waals surface area contributed by atoms with Gasteiger partial charge in [0.05, 0.1) is 17.8 Å². The Kier molecular flexibility index (Phi) is 3.81. The van der Waals surface area contributed by atoms with Gasteiger partial charge in [0.1, 0.15) is 0 Å². The number of nitrogens with zero attached hydrogens (tertiary/aromatic N) is 2. The first-order valence-electron chi connectivity index (χ1n) is 5.59. The molecule has 1 heterocycles. The van der Waals surface area contributed by atoms with E-state index in [1.807, 2.05) is 38.2 Å². The summed E-state index contributed by atoms with van der Waals surface area (Å²) in [4.78, 5) is 11.9. The molecule has 94 valence electrons. The zero-order chi connectivity index (χ0) is 13.1. The summed E-state index contributed by atoms with van der Waals surface area (Å²) in [6.45, 7) is 1.87. The fraction of sp³-hybridized carbons (Fsp3) is 0.231. The molecule has 0 spiro atoms. The number of nitrogens with one attached hydrogen (secondary N) is 1. The lowest BCUT2D eigenvalue weighted by atomic mass is 10.1. The summed E-state index contributed by atoms with van der Waals surface area (Å²) in [6, 6.07) is 7.72. The van der Waals surface area contributed by atoms with Crippen molar-refractivity contribution in [3.05, 3.63) is 46.2 Å². The second-order valence-corrected chi connectivity index (χ2v) is 5.07. The Morgan fingerprint density at radius 2 is 2.06 bits per heavy atom. The molecule has 18 heavy (non-hydrogen) atoms. The number of hydrogen-bond donors (Lipinski definition) is 1. The van der Waals surface area contributed by atoms with E-state index in [0.29, 0.717) is 6.42 Å². The number of halogens is 1. The molecular weight excluding hydrogens is 294 g/mol. The average molecular weight is 308 g/mol. The van der Waals surface area contributed by atoms with E-state index >= 15 is 0 Å². The molecular formula is C13H14BrN3O. The third kappa shape index (κ3) is 3.20. The Labute approximate surface area is 114 Å². The van der Waals surface area contributed by atoms with Crippen molar-refractivity contribution in [2.45, 2.75) is 13.3 Å². The second-order valence-electron chi connectivity index (χ2n) is 4.15. The Bertz CT molecular complexity index is 560. The third-order valence-electron chi connectivity index (χ3n) is 2.57. The highest BCUT2D eigenvalue weighted by molar-refractivity contribution is 9.10. The van der Waals surface area contributed by atoms with E-state index in [1.165, 1.54) is 0 Å². The molecule has 4 nitrogen and oxygen atoms in total. The summed E-state index contributed by atoms with van der Waals surface area (Å²) in [5.74, 6) is -0.0339. The van der Waals surface area contributed by atoms with Crippen LogP contribution in [0, 0.1) is 6.92 Å². The predicted molar refractivity (Wildman–Crippen MR) is 74.4 cm³/mol. The van der Waals surface area contributed by atoms with Crippen LogP contribution < -0.4 is 5.32 Å². The number of aryl methyl sites for hydroxylation is 2. The molecule has 0 unspecified atom stereocenters. The van der Waals surface area contributed by atoms with Crippen molar-refractivity contribution >= 4 is 27.5 Å². The van der Waals surface area contributed by atoms with E-state index in [9.17, 15) is 4.79 Å². The third-order valence-corrected chi connectivity index (χ3v) is 3.09. The number of rotatable bonds is 3. The van der Waals surface area contributed by atoms with Crippen molar-refractivity contribution in [2.24, 2.45) is 7.05 Å². The molecule has 0 atom stereocenters. The molecule has 0 radical (unpaired) electrons. The number of aromatic nitrogens is 2. The van der Waals surface area contributed by atoms with Gasteiger partial charge in [0.2, 0.25) is 5.91 Å². The molecule has 0 aliphatic rings. The Morgan fingerprint density at radius 1 is 1.39 bits per heavy atom. The van der Waals surface area contributed by atoms with E-state index in [2.05, 4.69) is 26.3 Å². The first-order valence-corrected chi connectivity index (χ1v) is 6.38. The standard InChI is InChI=1S/C13H14BrN3O/c1-9-12(8-17(2)16-9)15-13(18)7-10-3-5-11(14)6-4-10/h3-6,8H,7H2,1-2H3,(H,15,18). The van der Waals surface area contributed by atoms with Gasteiger partial charge in [-0.2, -0.15) is 5.10 Å². The number of hydrogen-bond acceptors (Lipinski definition) is 2. The van der Waals surface area contributed by atoms with Gasteiger partial charge in [-0.1, -0.05) is 28.1 Å². The van der Waals surface area contributed by atoms with Crippen LogP contribution in [0.3, 0.4) is 0 Å². The zero-order valence-corrected chi connectivity index (χ0v) is 11.9. The van der Waals surface area contributed by atoms with Gasteiger partial charge in [0.15, 0.2) is 0 Å². The van der Waals surface area contributed by atoms with Gasteiger partial charge in [0, 0.05) is 17.7 Å². The minimum Gasteiger partial charge on any atom is -0.323 e. The summed E-state index contributed by atoms with van der Waals surface area (Å²) < 4.78 is 2.69. The van der Waals surface area contributed by atoms with Crippen LogP contribution in [0.1, 0.15) is 11.3 Å². The van der Waals surface area contributed by atoms with Gasteiger partial charge in [-0.3, -0.25) is 9.48 Å². The lowest BCUT2D eigenvalue weighted by Gasteiger charge is -2.03. The second kappa shape index (κ2) is 5.35. The van der Waals surface area contributed by atoms with E-state index < -0.39 is 0 Å². The van der Waals surface area contributed by atoms with Crippen molar-refractivity contribution in [1.82, 2.24) is 9.78 Å². The Balaban J connectivity index is 2.01. The monoisotopic (exact) mass is 307 g/mol. The van der Waals surface area contributed by atoms with Gasteiger partial charge < -0.3 is 5.32 Å². The molecule has 0 saturated heterocycles. The molecule has 0 fully saturated rings. The quantitative estimate of drug-likeness (QED) is 0.947. The molecule has 1 amide bonds. The maximum atomic E-state index is 11.9. The highest BCUT2D eigenvalue weighted by Crippen LogP contribution is 2.14. The normalized spacial score (nSPS) is 10.4. The summed E-state index contributed by atoms with van der Waals surface area (Å²) in [5.41, 5.74) is 2.57. The fourth-order valence-corrected chi connectivity index (χ4v) is 1.97. The van der Waals surface area contributed by atoms with E-state index in [-0.39, 0.29) is 5.91 Å². The van der Waals surface area contributed by atoms with Crippen LogP contribution in [0.25, 0.3) is 0 Å². The topological polar surface area (TPSA) is 46.9 Å². The molecule has 1 aromatic carbocycles. The highest BCUT2D eigenvalue weighted by atomic mass is 79.9. The summed E-state index contributed by atoms with van der Waals surface area (Å²) >= 11 is 3.37. The smallest absolute Gasteiger partial charge is 0.228 e. The minimum atomic E-state index is -0.0339. The summed E-state index contributed by atoms with van der Waals surface area (Å²) in [7, 11) is 1.83. The molecule has 0 aliphatic heterocycles. The number of carbonyl (C=O) groups is 1. The van der Waals surface area contributed by atoms with Gasteiger partial charge in [-0.05, 0) is 24.6 Å².